The van der Waals surface area contributed by atoms with E-state index in [0.29, 0.717) is 19.6 Å². The Bertz CT molecular complexity index is 320. The standard InChI is InChI=1S/C13H24N2O4/c1-3-10(6-12(17)18)7-14-13(19)15-5-4-11(8-15)9(2)16/h9-11,16H,3-8H2,1-2H3,(H,14,19)(H,17,18). The van der Waals surface area contributed by atoms with Gasteiger partial charge in [-0.2, -0.15) is 0 Å². The van der Waals surface area contributed by atoms with Gasteiger partial charge in [-0.1, -0.05) is 13.3 Å². The second-order valence-electron chi connectivity index (χ2n) is 5.29. The number of nitrogens with one attached hydrogen (secondary N) is 1. The van der Waals surface area contributed by atoms with Crippen molar-refractivity contribution < 1.29 is 19.8 Å². The molecule has 1 rings (SSSR count). The molecule has 6 nitrogen and oxygen atoms in total. The number of hydrogen-bond donors (Lipinski definition) is 3. The second kappa shape index (κ2) is 7.33. The molecule has 0 bridgehead atoms. The average Bonchev–Trinajstić information content (AvgIpc) is 2.83. The molecule has 110 valence electrons. The molecule has 6 heteroatoms. The van der Waals surface area contributed by atoms with E-state index in [-0.39, 0.29) is 24.3 Å². The van der Waals surface area contributed by atoms with Crippen LogP contribution in [-0.4, -0.2) is 52.9 Å². The van der Waals surface area contributed by atoms with Crippen molar-refractivity contribution in [2.75, 3.05) is 19.6 Å². The van der Waals surface area contributed by atoms with E-state index in [1.54, 1.807) is 11.8 Å². The number of likely N-dealkylation sites (tertiary alicyclic amines) is 1. The number of carboxylic acid groups (broad SMARTS) is 1. The summed E-state index contributed by atoms with van der Waals surface area (Å²) in [6.45, 7) is 5.26. The van der Waals surface area contributed by atoms with Gasteiger partial charge in [-0.3, -0.25) is 4.79 Å². The molecule has 0 aliphatic carbocycles. The lowest BCUT2D eigenvalue weighted by atomic mass is 10.0. The van der Waals surface area contributed by atoms with Crippen molar-refractivity contribution in [3.05, 3.63) is 0 Å². The third-order valence-corrected chi connectivity index (χ3v) is 3.78. The summed E-state index contributed by atoms with van der Waals surface area (Å²) < 4.78 is 0. The monoisotopic (exact) mass is 272 g/mol. The van der Waals surface area contributed by atoms with Crippen molar-refractivity contribution in [3.63, 3.8) is 0 Å². The molecule has 3 unspecified atom stereocenters. The van der Waals surface area contributed by atoms with E-state index in [1.807, 2.05) is 6.92 Å². The first-order chi connectivity index (χ1) is 8.93. The van der Waals surface area contributed by atoms with Gasteiger partial charge in [0, 0.05) is 32.0 Å². The van der Waals surface area contributed by atoms with Gasteiger partial charge in [0.25, 0.3) is 0 Å². The normalized spacial score (nSPS) is 22.1. The summed E-state index contributed by atoms with van der Waals surface area (Å²) in [6, 6.07) is -0.160. The zero-order valence-electron chi connectivity index (χ0n) is 11.6. The first kappa shape index (κ1) is 15.8. The number of hydrogen-bond acceptors (Lipinski definition) is 3. The van der Waals surface area contributed by atoms with Crippen LogP contribution in [0.2, 0.25) is 0 Å². The number of nitrogens with zero attached hydrogens (tertiary/aromatic N) is 1. The number of urea groups is 1. The SMILES string of the molecule is CCC(CNC(=O)N1CCC(C(C)O)C1)CC(=O)O. The van der Waals surface area contributed by atoms with E-state index in [9.17, 15) is 14.7 Å². The Morgan fingerprint density at radius 2 is 2.16 bits per heavy atom. The molecule has 1 aliphatic rings. The van der Waals surface area contributed by atoms with Crippen LogP contribution in [0, 0.1) is 11.8 Å². The lowest BCUT2D eigenvalue weighted by molar-refractivity contribution is -0.138. The van der Waals surface area contributed by atoms with Crippen LogP contribution in [0.25, 0.3) is 0 Å². The number of amides is 2. The Hall–Kier alpha value is -1.30. The summed E-state index contributed by atoms with van der Waals surface area (Å²) in [7, 11) is 0. The van der Waals surface area contributed by atoms with Gasteiger partial charge in [0.1, 0.15) is 0 Å². The molecule has 0 spiro atoms. The fourth-order valence-electron chi connectivity index (χ4n) is 2.32. The van der Waals surface area contributed by atoms with Gasteiger partial charge in [-0.25, -0.2) is 4.79 Å². The molecular formula is C13H24N2O4. The van der Waals surface area contributed by atoms with E-state index in [0.717, 1.165) is 12.8 Å². The van der Waals surface area contributed by atoms with Crippen LogP contribution in [0.3, 0.4) is 0 Å². The van der Waals surface area contributed by atoms with Crippen molar-refractivity contribution in [1.29, 1.82) is 0 Å². The summed E-state index contributed by atoms with van der Waals surface area (Å²) in [5.74, 6) is -0.722. The minimum Gasteiger partial charge on any atom is -0.481 e. The number of aliphatic carboxylic acids is 1. The quantitative estimate of drug-likeness (QED) is 0.670. The maximum absolute atomic E-state index is 11.9. The van der Waals surface area contributed by atoms with Crippen LogP contribution >= 0.6 is 0 Å². The molecule has 1 fully saturated rings. The molecule has 3 N–H and O–H groups in total. The molecule has 0 aromatic rings. The van der Waals surface area contributed by atoms with Crippen molar-refractivity contribution >= 4 is 12.0 Å². The highest BCUT2D eigenvalue weighted by Gasteiger charge is 2.29. The fourth-order valence-corrected chi connectivity index (χ4v) is 2.32. The van der Waals surface area contributed by atoms with E-state index >= 15 is 0 Å². The summed E-state index contributed by atoms with van der Waals surface area (Å²) in [6.07, 6.45) is 1.22. The van der Waals surface area contributed by atoms with Crippen LogP contribution in [0.5, 0.6) is 0 Å². The summed E-state index contributed by atoms with van der Waals surface area (Å²) in [5, 5.41) is 21.0. The van der Waals surface area contributed by atoms with Crippen molar-refractivity contribution in [3.8, 4) is 0 Å². The van der Waals surface area contributed by atoms with Crippen molar-refractivity contribution in [2.45, 2.75) is 39.2 Å². The van der Waals surface area contributed by atoms with Gasteiger partial charge < -0.3 is 20.4 Å². The molecule has 1 heterocycles. The van der Waals surface area contributed by atoms with Gasteiger partial charge >= 0.3 is 12.0 Å². The summed E-state index contributed by atoms with van der Waals surface area (Å²) in [5.41, 5.74) is 0. The van der Waals surface area contributed by atoms with Gasteiger partial charge in [0.05, 0.1) is 6.10 Å². The highest BCUT2D eigenvalue weighted by atomic mass is 16.4. The Labute approximate surface area is 113 Å². The summed E-state index contributed by atoms with van der Waals surface area (Å²) in [4.78, 5) is 24.2. The maximum atomic E-state index is 11.9. The topological polar surface area (TPSA) is 89.9 Å². The van der Waals surface area contributed by atoms with Gasteiger partial charge in [0.2, 0.25) is 0 Å². The highest BCUT2D eigenvalue weighted by molar-refractivity contribution is 5.74. The first-order valence-electron chi connectivity index (χ1n) is 6.86. The van der Waals surface area contributed by atoms with E-state index in [2.05, 4.69) is 5.32 Å². The number of aliphatic hydroxyl groups excluding tert-OH is 1. The minimum atomic E-state index is -0.837. The minimum absolute atomic E-state index is 0.0309. The number of rotatable bonds is 6. The molecular weight excluding hydrogens is 248 g/mol. The third-order valence-electron chi connectivity index (χ3n) is 3.78. The smallest absolute Gasteiger partial charge is 0.317 e. The van der Waals surface area contributed by atoms with Crippen LogP contribution in [0.4, 0.5) is 4.79 Å². The Balaban J connectivity index is 2.33. The van der Waals surface area contributed by atoms with Crippen molar-refractivity contribution in [1.82, 2.24) is 10.2 Å². The van der Waals surface area contributed by atoms with Crippen LogP contribution in [-0.2, 0) is 4.79 Å². The predicted octanol–water partition coefficient (Wildman–Crippen LogP) is 0.900. The Kier molecular flexibility index (Phi) is 6.08. The van der Waals surface area contributed by atoms with E-state index in [1.165, 1.54) is 0 Å². The molecule has 0 aromatic carbocycles. The Morgan fingerprint density at radius 3 is 2.63 bits per heavy atom. The molecule has 2 amide bonds. The predicted molar refractivity (Wildman–Crippen MR) is 70.8 cm³/mol. The zero-order valence-corrected chi connectivity index (χ0v) is 11.6. The molecule has 0 radical (unpaired) electrons. The van der Waals surface area contributed by atoms with Gasteiger partial charge in [0.15, 0.2) is 0 Å². The van der Waals surface area contributed by atoms with Crippen LogP contribution in [0.15, 0.2) is 0 Å². The lowest BCUT2D eigenvalue weighted by Crippen LogP contribution is -2.41. The molecule has 3 atom stereocenters. The van der Waals surface area contributed by atoms with Crippen LogP contribution in [0.1, 0.15) is 33.1 Å². The summed E-state index contributed by atoms with van der Waals surface area (Å²) >= 11 is 0. The first-order valence-corrected chi connectivity index (χ1v) is 6.86. The lowest BCUT2D eigenvalue weighted by Gasteiger charge is -2.20. The molecule has 0 aromatic heterocycles. The Morgan fingerprint density at radius 1 is 1.47 bits per heavy atom. The largest absolute Gasteiger partial charge is 0.481 e. The van der Waals surface area contributed by atoms with Crippen molar-refractivity contribution in [2.24, 2.45) is 11.8 Å². The number of carboxylic acids is 1. The molecule has 19 heavy (non-hydrogen) atoms. The van der Waals surface area contributed by atoms with Crippen LogP contribution < -0.4 is 5.32 Å². The average molecular weight is 272 g/mol. The fraction of sp³-hybridized carbons (Fsp3) is 0.846. The number of aliphatic hydroxyl groups is 1. The number of carbonyl (C=O) groups is 2. The number of carbonyl (C=O) groups excluding carboxylic acids is 1. The van der Waals surface area contributed by atoms with Gasteiger partial charge in [-0.05, 0) is 19.3 Å². The second-order valence-corrected chi connectivity index (χ2v) is 5.29. The van der Waals surface area contributed by atoms with Gasteiger partial charge in [-0.15, -0.1) is 0 Å². The highest BCUT2D eigenvalue weighted by Crippen LogP contribution is 2.19. The molecule has 1 aliphatic heterocycles. The van der Waals surface area contributed by atoms with E-state index < -0.39 is 12.1 Å². The third kappa shape index (κ3) is 5.06. The molecule has 1 saturated heterocycles. The molecule has 0 saturated carbocycles. The van der Waals surface area contributed by atoms with E-state index in [4.69, 9.17) is 5.11 Å². The zero-order chi connectivity index (χ0) is 14.4. The maximum Gasteiger partial charge on any atom is 0.317 e.